The van der Waals surface area contributed by atoms with Crippen LogP contribution in [0.2, 0.25) is 0 Å². The Hall–Kier alpha value is 0.249. The van der Waals surface area contributed by atoms with Gasteiger partial charge in [0.05, 0.1) is 0 Å². The Kier molecular flexibility index (Phi) is 23.7. The van der Waals surface area contributed by atoms with Gasteiger partial charge < -0.3 is 25.3 Å². The average Bonchev–Trinajstić information content (AvgIpc) is 2.99. The summed E-state index contributed by atoms with van der Waals surface area (Å²) in [5.41, 5.74) is 14.7. The third kappa shape index (κ3) is 23.4. The summed E-state index contributed by atoms with van der Waals surface area (Å²) in [4.78, 5) is 0. The molecular weight excluding hydrogens is 623 g/mol. The maximum absolute atomic E-state index is 10.7. The van der Waals surface area contributed by atoms with E-state index in [9.17, 15) is 25.2 Å². The summed E-state index contributed by atoms with van der Waals surface area (Å²) < 4.78 is 65.9. The summed E-state index contributed by atoms with van der Waals surface area (Å²) in [5, 5.41) is 0. The molecule has 2 aromatic rings. The van der Waals surface area contributed by atoms with Gasteiger partial charge >= 0.3 is 53.2 Å². The van der Waals surface area contributed by atoms with Crippen LogP contribution in [0.25, 0.3) is 4.38 Å². The summed E-state index contributed by atoms with van der Waals surface area (Å²) in [5.74, 6) is 1.67. The molecule has 1 nitrogen and oxygen atoms in total. The normalized spacial score (nSPS) is 11.5. The van der Waals surface area contributed by atoms with Gasteiger partial charge in [0.2, 0.25) is 0 Å². The van der Waals surface area contributed by atoms with Crippen molar-refractivity contribution in [1.29, 1.82) is 0 Å². The quantitative estimate of drug-likeness (QED) is 0.0921. The number of halogens is 6. The van der Waals surface area contributed by atoms with E-state index >= 15 is 0 Å². The zero-order valence-corrected chi connectivity index (χ0v) is 27.8. The minimum atomic E-state index is -10.7. The van der Waals surface area contributed by atoms with Crippen molar-refractivity contribution in [1.82, 2.24) is 0 Å². The van der Waals surface area contributed by atoms with E-state index in [1.807, 2.05) is 13.8 Å². The minimum absolute atomic E-state index is 0. The van der Waals surface area contributed by atoms with E-state index in [2.05, 4.69) is 110 Å². The van der Waals surface area contributed by atoms with E-state index < -0.39 is 7.81 Å². The van der Waals surface area contributed by atoms with Crippen LogP contribution in [0.15, 0.2) is 0 Å². The standard InChI is InChI=1S/2C10H15.2C2H6S.F6P.2Fe.N/c2*1-6-7(2)9(4)10(5)8(6)3;2*1-2-3;1-7(2,3,4,5)6;;;/h2*1-5H3;2*3H,2H2,1H3;;;;/q2*-1;;;-1;;;-1/p-2. The fraction of sp³-hybridized carbons (Fsp3) is 0.583. The summed E-state index contributed by atoms with van der Waals surface area (Å²) in [6, 6.07) is 0. The third-order valence-electron chi connectivity index (χ3n) is 5.62. The third-order valence-corrected chi connectivity index (χ3v) is 5.62. The number of hydrogen-bond acceptors (Lipinski definition) is 2. The van der Waals surface area contributed by atoms with Crippen molar-refractivity contribution in [2.24, 2.45) is 0 Å². The predicted molar refractivity (Wildman–Crippen MR) is 144 cm³/mol. The number of hydrogen-bond donors (Lipinski definition) is 0. The molecule has 222 valence electrons. The molecule has 2 aromatic carbocycles. The fourth-order valence-electron chi connectivity index (χ4n) is 2.81. The van der Waals surface area contributed by atoms with Crippen LogP contribution in [0.5, 0.6) is 0 Å². The van der Waals surface area contributed by atoms with Crippen molar-refractivity contribution in [2.75, 3.05) is 11.5 Å². The van der Waals surface area contributed by atoms with Crippen LogP contribution in [0.3, 0.4) is 0 Å². The van der Waals surface area contributed by atoms with Crippen LogP contribution in [0.1, 0.15) is 69.5 Å². The first-order valence-electron chi connectivity index (χ1n) is 10.7. The van der Waals surface area contributed by atoms with E-state index in [4.69, 9.17) is 4.38 Å². The Labute approximate surface area is 244 Å². The Morgan fingerprint density at radius 1 is 0.583 bits per heavy atom. The van der Waals surface area contributed by atoms with Crippen LogP contribution in [0.4, 0.5) is 25.2 Å². The first kappa shape index (κ1) is 46.1. The average molecular weight is 663 g/mol. The summed E-state index contributed by atoms with van der Waals surface area (Å²) in [7, 11) is -10.7. The van der Waals surface area contributed by atoms with Gasteiger partial charge in [0.1, 0.15) is 0 Å². The molecule has 2 rings (SSSR count). The second-order valence-electron chi connectivity index (χ2n) is 7.79. The molecule has 0 aliphatic carbocycles. The second kappa shape index (κ2) is 18.5. The fourth-order valence-corrected chi connectivity index (χ4v) is 2.81. The van der Waals surface area contributed by atoms with Crippen molar-refractivity contribution >= 4 is 33.1 Å². The molecular formula is C24H40F6Fe2NPS2-6. The molecule has 0 atom stereocenters. The summed E-state index contributed by atoms with van der Waals surface area (Å²) >= 11 is 11.0. The van der Waals surface area contributed by atoms with Gasteiger partial charge in [0, 0.05) is 17.1 Å². The molecule has 0 saturated carbocycles. The Bertz CT molecular complexity index is 663. The van der Waals surface area contributed by atoms with E-state index in [-0.39, 0.29) is 17.1 Å². The summed E-state index contributed by atoms with van der Waals surface area (Å²) in [6.45, 7) is 25.9. The Morgan fingerprint density at radius 2 is 0.667 bits per heavy atom. The molecule has 0 aliphatic heterocycles. The van der Waals surface area contributed by atoms with E-state index in [0.29, 0.717) is 0 Å². The van der Waals surface area contributed by atoms with Crippen LogP contribution in [-0.4, -0.2) is 11.5 Å². The van der Waals surface area contributed by atoms with Gasteiger partial charge in [-0.25, -0.2) is 0 Å². The van der Waals surface area contributed by atoms with Gasteiger partial charge in [0.25, 0.3) is 0 Å². The molecule has 0 heterocycles. The van der Waals surface area contributed by atoms with Crippen LogP contribution >= 0.6 is 7.81 Å². The van der Waals surface area contributed by atoms with Gasteiger partial charge in [-0.2, -0.15) is 67.1 Å². The molecule has 0 N–H and O–H groups in total. The Balaban J connectivity index is -0.000000116. The predicted octanol–water partition coefficient (Wildman–Crippen LogP) is 10.7. The van der Waals surface area contributed by atoms with Crippen LogP contribution in [0, 0.1) is 69.2 Å². The number of rotatable bonds is 0. The molecule has 0 spiro atoms. The van der Waals surface area contributed by atoms with Gasteiger partial charge in [-0.15, -0.1) is 0 Å². The van der Waals surface area contributed by atoms with Crippen molar-refractivity contribution in [3.63, 3.8) is 0 Å². The molecule has 0 unspecified atom stereocenters. The summed E-state index contributed by atoms with van der Waals surface area (Å²) in [6.07, 6.45) is 0. The van der Waals surface area contributed by atoms with E-state index in [1.165, 1.54) is 55.6 Å². The van der Waals surface area contributed by atoms with E-state index in [0.717, 1.165) is 11.5 Å². The molecule has 0 radical (unpaired) electrons. The SMILES string of the molecule is CC[S-].CC[S-].Cc1c(C)c(C)[c-](C)c1C.Cc1c(C)c(C)[c-](C)c1C.F[P-](F)(F)(F)(F)F.[Fe].[N-]=[Fe]. The van der Waals surface area contributed by atoms with Crippen molar-refractivity contribution < 1.29 is 58.1 Å². The van der Waals surface area contributed by atoms with Gasteiger partial charge in [-0.3, -0.25) is 0 Å². The van der Waals surface area contributed by atoms with Crippen LogP contribution in [-0.2, 0) is 58.1 Å². The molecule has 36 heavy (non-hydrogen) atoms. The van der Waals surface area contributed by atoms with Crippen molar-refractivity contribution in [2.45, 2.75) is 83.1 Å². The molecule has 0 saturated heterocycles. The molecule has 0 aliphatic rings. The molecule has 0 bridgehead atoms. The second-order valence-corrected chi connectivity index (χ2v) is 10.9. The maximum atomic E-state index is 9.87. The molecule has 0 aromatic heterocycles. The van der Waals surface area contributed by atoms with Gasteiger partial charge in [0.15, 0.2) is 0 Å². The van der Waals surface area contributed by atoms with Gasteiger partial charge in [-0.05, 0) is 0 Å². The molecule has 0 fully saturated rings. The monoisotopic (exact) mass is 663 g/mol. The topological polar surface area (TPSA) is 22.3 Å². The zero-order valence-electron chi connectivity index (χ0n) is 23.1. The first-order chi connectivity index (χ1) is 15.4. The number of nitrogens with zero attached hydrogens (tertiary/aromatic N) is 1. The Morgan fingerprint density at radius 3 is 0.694 bits per heavy atom. The van der Waals surface area contributed by atoms with E-state index in [1.54, 1.807) is 0 Å². The van der Waals surface area contributed by atoms with Crippen molar-refractivity contribution in [3.05, 3.63) is 60.0 Å². The molecule has 12 heteroatoms. The van der Waals surface area contributed by atoms with Crippen molar-refractivity contribution in [3.8, 4) is 0 Å². The zero-order chi connectivity index (χ0) is 29.6. The van der Waals surface area contributed by atoms with Gasteiger partial charge in [-0.1, -0.05) is 83.1 Å². The first-order valence-corrected chi connectivity index (χ1v) is 14.3. The van der Waals surface area contributed by atoms with Crippen LogP contribution < -0.4 is 0 Å². The molecule has 0 amide bonds.